The van der Waals surface area contributed by atoms with Crippen molar-refractivity contribution >= 4 is 24.7 Å². The van der Waals surface area contributed by atoms with Crippen molar-refractivity contribution in [3.8, 4) is 11.4 Å². The SMILES string of the molecule is CC[C@@]1(OP(=O)(O)OC)C(=O)OCc2c1cc1n(c2=O)Cc2cc3ccccc3nc2-1. The van der Waals surface area contributed by atoms with Gasteiger partial charge in [-0.2, -0.15) is 0 Å². The number of nitrogens with zero attached hydrogens (tertiary/aromatic N) is 2. The Morgan fingerprint density at radius 2 is 2.06 bits per heavy atom. The number of phosphoric acid groups is 1. The lowest BCUT2D eigenvalue weighted by Gasteiger charge is -2.36. The fraction of sp³-hybridized carbons (Fsp3) is 0.286. The molecule has 0 amide bonds. The standard InChI is InChI=1S/C21H19N2O7P/c1-3-21(30-31(26,27)28-2)15-9-17-18-13(8-12-6-4-5-7-16(12)22-18)10-23(17)19(24)14(15)11-29-20(21)25/h4-9H,3,10-11H2,1-2H3,(H,26,27)/t21-/m0/s1. The maximum absolute atomic E-state index is 13.3. The molecule has 0 saturated carbocycles. The number of pyridine rings is 2. The number of hydrogen-bond acceptors (Lipinski definition) is 7. The zero-order valence-corrected chi connectivity index (χ0v) is 17.7. The molecule has 1 aromatic carbocycles. The summed E-state index contributed by atoms with van der Waals surface area (Å²) in [5, 5.41) is 0.956. The Labute approximate surface area is 176 Å². The Balaban J connectivity index is 1.77. The molecule has 2 aliphatic rings. The molecule has 1 unspecified atom stereocenters. The van der Waals surface area contributed by atoms with Crippen molar-refractivity contribution in [1.29, 1.82) is 0 Å². The number of aromatic nitrogens is 2. The summed E-state index contributed by atoms with van der Waals surface area (Å²) in [6.45, 7) is 1.70. The molecule has 1 N–H and O–H groups in total. The molecule has 5 rings (SSSR count). The second-order valence-corrected chi connectivity index (χ2v) is 8.99. The van der Waals surface area contributed by atoms with Crippen LogP contribution in [0.1, 0.15) is 30.0 Å². The number of carbonyl (C=O) groups excluding carboxylic acids is 1. The Kier molecular flexibility index (Phi) is 4.43. The number of benzene rings is 1. The van der Waals surface area contributed by atoms with Gasteiger partial charge in [-0.05, 0) is 24.6 Å². The van der Waals surface area contributed by atoms with Gasteiger partial charge in [0, 0.05) is 23.6 Å². The normalized spacial score (nSPS) is 21.2. The summed E-state index contributed by atoms with van der Waals surface area (Å²) in [6, 6.07) is 11.3. The van der Waals surface area contributed by atoms with Crippen LogP contribution in [0, 0.1) is 0 Å². The number of rotatable bonds is 4. The molecule has 0 spiro atoms. The molecular weight excluding hydrogens is 423 g/mol. The van der Waals surface area contributed by atoms with Crippen molar-refractivity contribution in [1.82, 2.24) is 9.55 Å². The van der Waals surface area contributed by atoms with Gasteiger partial charge in [-0.3, -0.25) is 13.8 Å². The van der Waals surface area contributed by atoms with Gasteiger partial charge >= 0.3 is 13.8 Å². The molecule has 2 aliphatic heterocycles. The first-order valence-electron chi connectivity index (χ1n) is 9.72. The molecule has 0 fully saturated rings. The molecule has 2 aromatic heterocycles. The van der Waals surface area contributed by atoms with Crippen molar-refractivity contribution in [3.63, 3.8) is 0 Å². The molecule has 3 aromatic rings. The topological polar surface area (TPSA) is 117 Å². The van der Waals surface area contributed by atoms with Gasteiger partial charge in [0.15, 0.2) is 0 Å². The van der Waals surface area contributed by atoms with E-state index in [-0.39, 0.29) is 29.7 Å². The molecule has 4 heterocycles. The summed E-state index contributed by atoms with van der Waals surface area (Å²) in [5.41, 5.74) is 0.910. The van der Waals surface area contributed by atoms with Crippen molar-refractivity contribution in [2.24, 2.45) is 0 Å². The summed E-state index contributed by atoms with van der Waals surface area (Å²) < 4.78 is 28.9. The van der Waals surface area contributed by atoms with Crippen molar-refractivity contribution < 1.29 is 28.0 Å². The van der Waals surface area contributed by atoms with Gasteiger partial charge < -0.3 is 14.2 Å². The number of esters is 1. The van der Waals surface area contributed by atoms with Crippen LogP contribution in [-0.2, 0) is 41.9 Å². The minimum Gasteiger partial charge on any atom is -0.458 e. The first-order chi connectivity index (χ1) is 14.8. The van der Waals surface area contributed by atoms with Crippen LogP contribution in [0.4, 0.5) is 0 Å². The summed E-state index contributed by atoms with van der Waals surface area (Å²) in [6.07, 6.45) is -0.0341. The fourth-order valence-electron chi connectivity index (χ4n) is 4.30. The molecule has 0 radical (unpaired) electrons. The summed E-state index contributed by atoms with van der Waals surface area (Å²) in [4.78, 5) is 40.8. The first-order valence-corrected chi connectivity index (χ1v) is 11.2. The van der Waals surface area contributed by atoms with Gasteiger partial charge in [0.2, 0.25) is 5.60 Å². The number of fused-ring (bicyclic) bond motifs is 5. The summed E-state index contributed by atoms with van der Waals surface area (Å²) >= 11 is 0. The smallest absolute Gasteiger partial charge is 0.458 e. The minimum atomic E-state index is -4.58. The van der Waals surface area contributed by atoms with E-state index < -0.39 is 19.4 Å². The average Bonchev–Trinajstić information content (AvgIpc) is 3.12. The van der Waals surface area contributed by atoms with Crippen molar-refractivity contribution in [2.45, 2.75) is 32.1 Å². The molecule has 0 aliphatic carbocycles. The number of para-hydroxylation sites is 1. The van der Waals surface area contributed by atoms with E-state index in [9.17, 15) is 19.0 Å². The zero-order valence-electron chi connectivity index (χ0n) is 16.8. The fourth-order valence-corrected chi connectivity index (χ4v) is 5.07. The van der Waals surface area contributed by atoms with Crippen LogP contribution in [0.15, 0.2) is 41.2 Å². The van der Waals surface area contributed by atoms with Crippen LogP contribution in [0.25, 0.3) is 22.3 Å². The highest BCUT2D eigenvalue weighted by Gasteiger charge is 2.52. The summed E-state index contributed by atoms with van der Waals surface area (Å²) in [7, 11) is -3.57. The molecule has 2 atom stereocenters. The van der Waals surface area contributed by atoms with E-state index in [1.54, 1.807) is 17.6 Å². The highest BCUT2D eigenvalue weighted by Crippen LogP contribution is 2.53. The van der Waals surface area contributed by atoms with E-state index in [2.05, 4.69) is 4.52 Å². The molecule has 0 bridgehead atoms. The van der Waals surface area contributed by atoms with E-state index in [1.807, 2.05) is 30.3 Å². The third-order valence-corrected chi connectivity index (χ3v) is 6.89. The Morgan fingerprint density at radius 1 is 1.29 bits per heavy atom. The van der Waals surface area contributed by atoms with Crippen LogP contribution < -0.4 is 5.56 Å². The lowest BCUT2D eigenvalue weighted by atomic mass is 9.86. The molecular formula is C21H19N2O7P. The molecule has 160 valence electrons. The van der Waals surface area contributed by atoms with Crippen LogP contribution >= 0.6 is 7.82 Å². The predicted octanol–water partition coefficient (Wildman–Crippen LogP) is 2.85. The lowest BCUT2D eigenvalue weighted by Crippen LogP contribution is -2.46. The lowest BCUT2D eigenvalue weighted by molar-refractivity contribution is -0.170. The Morgan fingerprint density at radius 3 is 2.81 bits per heavy atom. The number of ether oxygens (including phenoxy) is 1. The summed E-state index contributed by atoms with van der Waals surface area (Å²) in [5.74, 6) is -0.845. The van der Waals surface area contributed by atoms with Crippen LogP contribution in [0.3, 0.4) is 0 Å². The highest BCUT2D eigenvalue weighted by molar-refractivity contribution is 7.47. The number of carbonyl (C=O) groups is 1. The minimum absolute atomic E-state index is 0.0341. The quantitative estimate of drug-likeness (QED) is 0.379. The van der Waals surface area contributed by atoms with Gasteiger partial charge in [0.05, 0.1) is 29.0 Å². The second kappa shape index (κ2) is 6.83. The van der Waals surface area contributed by atoms with Crippen molar-refractivity contribution in [3.05, 3.63) is 63.4 Å². The van der Waals surface area contributed by atoms with E-state index in [1.165, 1.54) is 0 Å². The van der Waals surface area contributed by atoms with Gasteiger partial charge in [0.25, 0.3) is 5.56 Å². The largest absolute Gasteiger partial charge is 0.473 e. The maximum atomic E-state index is 13.3. The second-order valence-electron chi connectivity index (χ2n) is 7.50. The Hall–Kier alpha value is -2.84. The monoisotopic (exact) mass is 442 g/mol. The molecule has 31 heavy (non-hydrogen) atoms. The maximum Gasteiger partial charge on any atom is 0.473 e. The third-order valence-electron chi connectivity index (χ3n) is 5.89. The Bertz CT molecular complexity index is 1370. The van der Waals surface area contributed by atoms with E-state index in [4.69, 9.17) is 14.2 Å². The predicted molar refractivity (Wildman–Crippen MR) is 110 cm³/mol. The van der Waals surface area contributed by atoms with Gasteiger partial charge in [-0.15, -0.1) is 0 Å². The van der Waals surface area contributed by atoms with Gasteiger partial charge in [-0.25, -0.2) is 14.3 Å². The van der Waals surface area contributed by atoms with E-state index in [0.29, 0.717) is 17.9 Å². The van der Waals surface area contributed by atoms with Crippen molar-refractivity contribution in [2.75, 3.05) is 7.11 Å². The van der Waals surface area contributed by atoms with Gasteiger partial charge in [0.1, 0.15) is 6.61 Å². The van der Waals surface area contributed by atoms with Crippen LogP contribution in [-0.4, -0.2) is 27.5 Å². The van der Waals surface area contributed by atoms with Gasteiger partial charge in [-0.1, -0.05) is 25.1 Å². The average molecular weight is 442 g/mol. The first kappa shape index (κ1) is 20.1. The van der Waals surface area contributed by atoms with E-state index in [0.717, 1.165) is 23.6 Å². The molecule has 0 saturated heterocycles. The van der Waals surface area contributed by atoms with E-state index >= 15 is 0 Å². The zero-order chi connectivity index (χ0) is 22.0. The molecule has 9 nitrogen and oxygen atoms in total. The number of cyclic esters (lactones) is 1. The number of hydrogen-bond donors (Lipinski definition) is 1. The molecule has 10 heteroatoms. The number of phosphoric ester groups is 1. The highest BCUT2D eigenvalue weighted by atomic mass is 31.2. The van der Waals surface area contributed by atoms with Crippen LogP contribution in [0.2, 0.25) is 0 Å². The van der Waals surface area contributed by atoms with Crippen LogP contribution in [0.5, 0.6) is 0 Å². The third kappa shape index (κ3) is 2.89.